The molecule has 0 fully saturated rings. The Morgan fingerprint density at radius 1 is 1.11 bits per heavy atom. The second-order valence-electron chi connectivity index (χ2n) is 6.35. The Kier molecular flexibility index (Phi) is 6.34. The van der Waals surface area contributed by atoms with E-state index in [9.17, 15) is 0 Å². The van der Waals surface area contributed by atoms with Crippen LogP contribution in [0.15, 0.2) is 0 Å². The van der Waals surface area contributed by atoms with E-state index in [1.54, 1.807) is 0 Å². The van der Waals surface area contributed by atoms with Gasteiger partial charge in [-0.1, -0.05) is 26.7 Å². The van der Waals surface area contributed by atoms with E-state index in [-0.39, 0.29) is 0 Å². The highest BCUT2D eigenvalue weighted by Gasteiger charge is 2.45. The Morgan fingerprint density at radius 3 is 2.00 bits per heavy atom. The third-order valence-electron chi connectivity index (χ3n) is 4.68. The number of nitrogens with zero attached hydrogens (tertiary/aromatic N) is 2. The lowest BCUT2D eigenvalue weighted by atomic mass is 9.98. The van der Waals surface area contributed by atoms with Crippen molar-refractivity contribution >= 4 is 6.34 Å². The van der Waals surface area contributed by atoms with Crippen molar-refractivity contribution in [2.75, 3.05) is 20.1 Å². The molecule has 0 aromatic heterocycles. The molecule has 0 N–H and O–H groups in total. The number of quaternary nitrogens is 1. The molecule has 0 amide bonds. The van der Waals surface area contributed by atoms with Gasteiger partial charge in [-0.15, -0.1) is 0 Å². The van der Waals surface area contributed by atoms with E-state index in [1.807, 2.05) is 0 Å². The average molecular weight is 254 g/mol. The quantitative estimate of drug-likeness (QED) is 0.459. The van der Waals surface area contributed by atoms with Crippen molar-refractivity contribution in [2.45, 2.75) is 78.3 Å². The molecule has 0 saturated carbocycles. The van der Waals surface area contributed by atoms with Gasteiger partial charge in [0.15, 0.2) is 6.54 Å². The summed E-state index contributed by atoms with van der Waals surface area (Å²) in [6.07, 6.45) is 10.8. The third kappa shape index (κ3) is 3.57. The van der Waals surface area contributed by atoms with Crippen molar-refractivity contribution in [1.82, 2.24) is 0 Å². The maximum absolute atomic E-state index is 2.51. The fraction of sp³-hybridized carbons (Fsp3) is 0.938. The first kappa shape index (κ1) is 15.7. The van der Waals surface area contributed by atoms with Crippen LogP contribution in [0, 0.1) is 0 Å². The zero-order valence-corrected chi connectivity index (χ0v) is 13.3. The van der Waals surface area contributed by atoms with Gasteiger partial charge in [0, 0.05) is 12.8 Å². The maximum atomic E-state index is 2.51. The maximum Gasteiger partial charge on any atom is 0.327 e. The molecule has 0 radical (unpaired) electrons. The summed E-state index contributed by atoms with van der Waals surface area (Å²) in [6, 6.07) is 1.56. The van der Waals surface area contributed by atoms with Crippen LogP contribution in [0.2, 0.25) is 0 Å². The molecule has 106 valence electrons. The summed E-state index contributed by atoms with van der Waals surface area (Å²) in [5.74, 6) is 0. The van der Waals surface area contributed by atoms with Gasteiger partial charge in [-0.3, -0.25) is 0 Å². The summed E-state index contributed by atoms with van der Waals surface area (Å²) in [5.41, 5.74) is 0. The molecule has 0 aliphatic carbocycles. The summed E-state index contributed by atoms with van der Waals surface area (Å²) >= 11 is 0. The number of rotatable bonds is 8. The summed E-state index contributed by atoms with van der Waals surface area (Å²) in [4.78, 5) is 0. The molecule has 18 heavy (non-hydrogen) atoms. The molecular formula is C16H34N2+2. The van der Waals surface area contributed by atoms with Gasteiger partial charge in [0.25, 0.3) is 0 Å². The monoisotopic (exact) mass is 254 g/mol. The van der Waals surface area contributed by atoms with E-state index >= 15 is 0 Å². The predicted molar refractivity (Wildman–Crippen MR) is 80.2 cm³/mol. The third-order valence-corrected chi connectivity index (χ3v) is 4.68. The Bertz CT molecular complexity index is 262. The molecule has 0 aromatic rings. The van der Waals surface area contributed by atoms with Crippen LogP contribution in [0.4, 0.5) is 0 Å². The second-order valence-corrected chi connectivity index (χ2v) is 6.35. The lowest BCUT2D eigenvalue weighted by molar-refractivity contribution is -0.879. The molecule has 0 bridgehead atoms. The number of hydrogen-bond acceptors (Lipinski definition) is 0. The van der Waals surface area contributed by atoms with Gasteiger partial charge in [0.05, 0.1) is 12.1 Å². The second kappa shape index (κ2) is 7.28. The van der Waals surface area contributed by atoms with Crippen LogP contribution in [0.5, 0.6) is 0 Å². The van der Waals surface area contributed by atoms with Crippen molar-refractivity contribution in [3.63, 3.8) is 0 Å². The molecule has 2 nitrogen and oxygen atoms in total. The Labute approximate surface area is 114 Å². The minimum Gasteiger partial charge on any atom is -0.233 e. The molecule has 1 aliphatic rings. The van der Waals surface area contributed by atoms with Gasteiger partial charge in [-0.05, 0) is 26.7 Å². The minimum absolute atomic E-state index is 0.716. The molecular weight excluding hydrogens is 220 g/mol. The molecule has 0 saturated heterocycles. The van der Waals surface area contributed by atoms with E-state index in [2.05, 4.69) is 45.7 Å². The van der Waals surface area contributed by atoms with E-state index in [4.69, 9.17) is 0 Å². The van der Waals surface area contributed by atoms with Crippen molar-refractivity contribution < 1.29 is 9.06 Å². The highest BCUT2D eigenvalue weighted by molar-refractivity contribution is 5.41. The van der Waals surface area contributed by atoms with Crippen molar-refractivity contribution in [3.8, 4) is 0 Å². The normalized spacial score (nSPS) is 24.1. The largest absolute Gasteiger partial charge is 0.327 e. The minimum atomic E-state index is 0.716. The topological polar surface area (TPSA) is 3.01 Å². The zero-order valence-electron chi connectivity index (χ0n) is 13.3. The van der Waals surface area contributed by atoms with Gasteiger partial charge < -0.3 is 0 Å². The first-order valence-corrected chi connectivity index (χ1v) is 8.00. The summed E-state index contributed by atoms with van der Waals surface area (Å²) in [5, 5.41) is 0. The number of likely N-dealkylation sites (N-methyl/N-ethyl adjacent to an activating group) is 1. The highest BCUT2D eigenvalue weighted by Crippen LogP contribution is 2.27. The Balaban J connectivity index is 2.83. The van der Waals surface area contributed by atoms with Crippen LogP contribution in [0.25, 0.3) is 0 Å². The van der Waals surface area contributed by atoms with Gasteiger partial charge in [0.2, 0.25) is 0 Å². The van der Waals surface area contributed by atoms with Crippen LogP contribution in [0.3, 0.4) is 0 Å². The SMILES string of the molecule is CCCCC(CCCC)[N+]1(C(C)C)C=[N+](C)CC1. The van der Waals surface area contributed by atoms with Crippen molar-refractivity contribution in [3.05, 3.63) is 0 Å². The molecule has 1 heterocycles. The lowest BCUT2D eigenvalue weighted by Crippen LogP contribution is -2.57. The zero-order chi connectivity index (χ0) is 13.6. The molecule has 1 unspecified atom stereocenters. The molecule has 1 aliphatic heterocycles. The standard InChI is InChI=1S/C16H34N2/c1-6-8-10-16(11-9-7-2)18(15(3)4)13-12-17(5)14-18/h14-16H,6-13H2,1-5H3/q+2. The van der Waals surface area contributed by atoms with Crippen molar-refractivity contribution in [2.24, 2.45) is 0 Å². The fourth-order valence-electron chi connectivity index (χ4n) is 3.41. The predicted octanol–water partition coefficient (Wildman–Crippen LogP) is 3.64. The average Bonchev–Trinajstić information content (AvgIpc) is 2.73. The smallest absolute Gasteiger partial charge is 0.233 e. The van der Waals surface area contributed by atoms with Gasteiger partial charge >= 0.3 is 6.34 Å². The van der Waals surface area contributed by atoms with Crippen LogP contribution in [0.1, 0.15) is 66.2 Å². The highest BCUT2D eigenvalue weighted by atomic mass is 15.5. The first-order valence-electron chi connectivity index (χ1n) is 8.00. The van der Waals surface area contributed by atoms with E-state index in [1.165, 1.54) is 56.1 Å². The lowest BCUT2D eigenvalue weighted by Gasteiger charge is -2.39. The van der Waals surface area contributed by atoms with Gasteiger partial charge in [-0.25, -0.2) is 4.48 Å². The van der Waals surface area contributed by atoms with Gasteiger partial charge in [-0.2, -0.15) is 4.58 Å². The number of hydrogen-bond donors (Lipinski definition) is 0. The van der Waals surface area contributed by atoms with Crippen molar-refractivity contribution in [1.29, 1.82) is 0 Å². The first-order chi connectivity index (χ1) is 8.56. The molecule has 2 heteroatoms. The molecule has 0 spiro atoms. The van der Waals surface area contributed by atoms with E-state index < -0.39 is 0 Å². The summed E-state index contributed by atoms with van der Waals surface area (Å²) < 4.78 is 3.64. The van der Waals surface area contributed by atoms with Gasteiger partial charge in [0.1, 0.15) is 13.6 Å². The molecule has 1 rings (SSSR count). The Morgan fingerprint density at radius 2 is 1.67 bits per heavy atom. The van der Waals surface area contributed by atoms with Crippen LogP contribution >= 0.6 is 0 Å². The molecule has 0 aromatic carbocycles. The summed E-state index contributed by atoms with van der Waals surface area (Å²) in [6.45, 7) is 12.0. The summed E-state index contributed by atoms with van der Waals surface area (Å²) in [7, 11) is 2.24. The van der Waals surface area contributed by atoms with E-state index in [0.717, 1.165) is 6.04 Å². The van der Waals surface area contributed by atoms with Crippen LogP contribution in [-0.4, -0.2) is 47.6 Å². The van der Waals surface area contributed by atoms with E-state index in [0.29, 0.717) is 6.04 Å². The molecule has 1 atom stereocenters. The van der Waals surface area contributed by atoms with Crippen LogP contribution in [-0.2, 0) is 0 Å². The number of unbranched alkanes of at least 4 members (excludes halogenated alkanes) is 2. The van der Waals surface area contributed by atoms with Crippen LogP contribution < -0.4 is 0 Å². The fourth-order valence-corrected chi connectivity index (χ4v) is 3.41. The Hall–Kier alpha value is -0.370.